The number of nitrogens with one attached hydrogen (secondary N) is 1. The molecule has 5 nitrogen and oxygen atoms in total. The minimum Gasteiger partial charge on any atom is -0.497 e. The van der Waals surface area contributed by atoms with Crippen LogP contribution in [0.15, 0.2) is 18.2 Å². The fourth-order valence-corrected chi connectivity index (χ4v) is 4.00. The predicted octanol–water partition coefficient (Wildman–Crippen LogP) is 3.38. The number of nitriles is 1. The van der Waals surface area contributed by atoms with Crippen molar-refractivity contribution in [3.8, 4) is 17.6 Å². The third-order valence-electron chi connectivity index (χ3n) is 3.91. The zero-order valence-corrected chi connectivity index (χ0v) is 13.8. The van der Waals surface area contributed by atoms with Crippen LogP contribution in [0.1, 0.15) is 32.8 Å². The molecule has 1 aliphatic rings. The van der Waals surface area contributed by atoms with Crippen LogP contribution >= 0.6 is 11.3 Å². The van der Waals surface area contributed by atoms with Crippen molar-refractivity contribution in [2.75, 3.05) is 19.5 Å². The molecule has 3 rings (SSSR count). The van der Waals surface area contributed by atoms with E-state index in [1.165, 1.54) is 23.3 Å². The highest BCUT2D eigenvalue weighted by atomic mass is 32.1. The Hall–Kier alpha value is -2.52. The maximum Gasteiger partial charge on any atom is 0.260 e. The summed E-state index contributed by atoms with van der Waals surface area (Å²) in [6.45, 7) is 0. The number of carbonyl (C=O) groups excluding carboxylic acids is 1. The molecule has 0 saturated heterocycles. The number of hydrogen-bond donors (Lipinski definition) is 1. The van der Waals surface area contributed by atoms with Crippen molar-refractivity contribution in [2.24, 2.45) is 0 Å². The second kappa shape index (κ2) is 6.31. The number of hydrogen-bond acceptors (Lipinski definition) is 5. The van der Waals surface area contributed by atoms with E-state index in [4.69, 9.17) is 9.47 Å². The maximum atomic E-state index is 12.6. The van der Waals surface area contributed by atoms with Gasteiger partial charge in [0.1, 0.15) is 22.6 Å². The molecule has 0 bridgehead atoms. The van der Waals surface area contributed by atoms with Crippen LogP contribution in [0, 0.1) is 11.3 Å². The predicted molar refractivity (Wildman–Crippen MR) is 88.6 cm³/mol. The van der Waals surface area contributed by atoms with E-state index >= 15 is 0 Å². The highest BCUT2D eigenvalue weighted by molar-refractivity contribution is 7.16. The summed E-state index contributed by atoms with van der Waals surface area (Å²) in [6, 6.07) is 7.24. The van der Waals surface area contributed by atoms with Gasteiger partial charge in [0.05, 0.1) is 25.3 Å². The Morgan fingerprint density at radius 3 is 2.83 bits per heavy atom. The van der Waals surface area contributed by atoms with Crippen LogP contribution in [0.5, 0.6) is 11.5 Å². The van der Waals surface area contributed by atoms with Gasteiger partial charge >= 0.3 is 0 Å². The molecule has 0 spiro atoms. The maximum absolute atomic E-state index is 12.6. The van der Waals surface area contributed by atoms with Crippen LogP contribution in [0.4, 0.5) is 5.00 Å². The first-order valence-electron chi connectivity index (χ1n) is 7.26. The number of rotatable bonds is 4. The monoisotopic (exact) mass is 328 g/mol. The van der Waals surface area contributed by atoms with E-state index in [1.54, 1.807) is 25.3 Å². The molecule has 118 valence electrons. The van der Waals surface area contributed by atoms with E-state index in [0.29, 0.717) is 27.6 Å². The van der Waals surface area contributed by atoms with E-state index in [0.717, 1.165) is 24.8 Å². The first-order valence-corrected chi connectivity index (χ1v) is 8.07. The number of ether oxygens (including phenoxy) is 2. The molecule has 0 saturated carbocycles. The molecular formula is C17H16N2O3S. The molecule has 6 heteroatoms. The summed E-state index contributed by atoms with van der Waals surface area (Å²) in [5, 5.41) is 12.9. The molecule has 1 aromatic heterocycles. The number of fused-ring (bicyclic) bond motifs is 1. The van der Waals surface area contributed by atoms with Crippen LogP contribution in [0.25, 0.3) is 0 Å². The number of thiophene rings is 1. The molecule has 0 radical (unpaired) electrons. The van der Waals surface area contributed by atoms with E-state index in [1.807, 2.05) is 0 Å². The molecule has 1 heterocycles. The number of benzene rings is 1. The van der Waals surface area contributed by atoms with Crippen LogP contribution < -0.4 is 14.8 Å². The summed E-state index contributed by atoms with van der Waals surface area (Å²) in [5.74, 6) is 0.761. The molecule has 23 heavy (non-hydrogen) atoms. The van der Waals surface area contributed by atoms with Gasteiger partial charge in [-0.25, -0.2) is 0 Å². The minimum absolute atomic E-state index is 0.291. The van der Waals surface area contributed by atoms with Gasteiger partial charge < -0.3 is 14.8 Å². The molecular weight excluding hydrogens is 312 g/mol. The fourth-order valence-electron chi connectivity index (χ4n) is 2.77. The van der Waals surface area contributed by atoms with Crippen molar-refractivity contribution >= 4 is 22.2 Å². The fraction of sp³-hybridized carbons (Fsp3) is 0.294. The number of methoxy groups -OCH3 is 2. The first kappa shape index (κ1) is 15.4. The zero-order valence-electron chi connectivity index (χ0n) is 12.9. The lowest BCUT2D eigenvalue weighted by molar-refractivity contribution is 0.102. The van der Waals surface area contributed by atoms with Crippen molar-refractivity contribution in [1.82, 2.24) is 0 Å². The highest BCUT2D eigenvalue weighted by Crippen LogP contribution is 2.39. The summed E-state index contributed by atoms with van der Waals surface area (Å²) in [6.07, 6.45) is 2.98. The van der Waals surface area contributed by atoms with Gasteiger partial charge in [0.2, 0.25) is 0 Å². The standard InChI is InChI=1S/C17H16N2O3S/c1-21-10-6-7-12(14(8-10)22-2)16(20)19-17-13(9-18)11-4-3-5-15(11)23-17/h6-8H,3-5H2,1-2H3,(H,19,20). The number of carbonyl (C=O) groups is 1. The number of anilines is 1. The molecule has 1 aromatic carbocycles. The third-order valence-corrected chi connectivity index (χ3v) is 5.12. The second-order valence-corrected chi connectivity index (χ2v) is 6.30. The van der Waals surface area contributed by atoms with Gasteiger partial charge in [-0.1, -0.05) is 0 Å². The quantitative estimate of drug-likeness (QED) is 0.934. The molecule has 0 fully saturated rings. The van der Waals surface area contributed by atoms with Crippen molar-refractivity contribution in [2.45, 2.75) is 19.3 Å². The molecule has 2 aromatic rings. The van der Waals surface area contributed by atoms with Crippen molar-refractivity contribution in [3.05, 3.63) is 39.8 Å². The van der Waals surface area contributed by atoms with Crippen molar-refractivity contribution in [1.29, 1.82) is 5.26 Å². The van der Waals surface area contributed by atoms with Crippen molar-refractivity contribution < 1.29 is 14.3 Å². The molecule has 0 unspecified atom stereocenters. The van der Waals surface area contributed by atoms with Crippen molar-refractivity contribution in [3.63, 3.8) is 0 Å². The normalized spacial score (nSPS) is 12.4. The molecule has 1 N–H and O–H groups in total. The summed E-state index contributed by atoms with van der Waals surface area (Å²) >= 11 is 1.50. The topological polar surface area (TPSA) is 71.3 Å². The summed E-state index contributed by atoms with van der Waals surface area (Å²) in [7, 11) is 3.06. The number of nitrogens with zero attached hydrogens (tertiary/aromatic N) is 1. The number of aryl methyl sites for hydroxylation is 1. The van der Waals surface area contributed by atoms with Gasteiger partial charge in [0.15, 0.2) is 0 Å². The van der Waals surface area contributed by atoms with Crippen LogP contribution in [0.3, 0.4) is 0 Å². The Bertz CT molecular complexity index is 805. The van der Waals surface area contributed by atoms with E-state index in [2.05, 4.69) is 11.4 Å². The lowest BCUT2D eigenvalue weighted by Crippen LogP contribution is -2.13. The molecule has 1 aliphatic carbocycles. The average Bonchev–Trinajstić information content (AvgIpc) is 3.14. The number of amides is 1. The summed E-state index contributed by atoms with van der Waals surface area (Å²) in [4.78, 5) is 13.8. The summed E-state index contributed by atoms with van der Waals surface area (Å²) in [5.41, 5.74) is 2.10. The van der Waals surface area contributed by atoms with Gasteiger partial charge in [0.25, 0.3) is 5.91 Å². The second-order valence-electron chi connectivity index (χ2n) is 5.19. The highest BCUT2D eigenvalue weighted by Gasteiger charge is 2.24. The summed E-state index contributed by atoms with van der Waals surface area (Å²) < 4.78 is 10.4. The van der Waals surface area contributed by atoms with Gasteiger partial charge in [-0.3, -0.25) is 4.79 Å². The molecule has 0 atom stereocenters. The van der Waals surface area contributed by atoms with E-state index < -0.39 is 0 Å². The first-order chi connectivity index (χ1) is 11.2. The minimum atomic E-state index is -0.291. The van der Waals surface area contributed by atoms with Crippen LogP contribution in [-0.2, 0) is 12.8 Å². The van der Waals surface area contributed by atoms with Crippen LogP contribution in [-0.4, -0.2) is 20.1 Å². The Morgan fingerprint density at radius 2 is 2.13 bits per heavy atom. The van der Waals surface area contributed by atoms with Crippen LogP contribution in [0.2, 0.25) is 0 Å². The Kier molecular flexibility index (Phi) is 4.22. The Balaban J connectivity index is 1.90. The lowest BCUT2D eigenvalue weighted by Gasteiger charge is -2.10. The largest absolute Gasteiger partial charge is 0.497 e. The third kappa shape index (κ3) is 2.76. The average molecular weight is 328 g/mol. The SMILES string of the molecule is COc1ccc(C(=O)Nc2sc3c(c2C#N)CCC3)c(OC)c1. The van der Waals surface area contributed by atoms with E-state index in [-0.39, 0.29) is 5.91 Å². The zero-order chi connectivity index (χ0) is 16.4. The Morgan fingerprint density at radius 1 is 1.30 bits per heavy atom. The smallest absolute Gasteiger partial charge is 0.260 e. The molecule has 0 aliphatic heterocycles. The van der Waals surface area contributed by atoms with E-state index in [9.17, 15) is 10.1 Å². The lowest BCUT2D eigenvalue weighted by atomic mass is 10.1. The van der Waals surface area contributed by atoms with Gasteiger partial charge in [0, 0.05) is 10.9 Å². The Labute approximate surface area is 138 Å². The van der Waals surface area contributed by atoms with Gasteiger partial charge in [-0.05, 0) is 37.0 Å². The van der Waals surface area contributed by atoms with Gasteiger partial charge in [-0.2, -0.15) is 5.26 Å². The van der Waals surface area contributed by atoms with Gasteiger partial charge in [-0.15, -0.1) is 11.3 Å². The molecule has 1 amide bonds.